The van der Waals surface area contributed by atoms with Gasteiger partial charge in [0.05, 0.1) is 0 Å². The number of likely N-dealkylation sites (tertiary alicyclic amines) is 1. The maximum Gasteiger partial charge on any atom is 0.251 e. The van der Waals surface area contributed by atoms with Crippen LogP contribution in [-0.2, 0) is 4.79 Å². The van der Waals surface area contributed by atoms with E-state index in [0.717, 1.165) is 10.1 Å². The molecule has 0 radical (unpaired) electrons. The molecule has 0 bridgehead atoms. The molecule has 1 aliphatic rings. The summed E-state index contributed by atoms with van der Waals surface area (Å²) in [5.41, 5.74) is 0.650. The molecule has 1 aromatic carbocycles. The molecule has 0 unspecified atom stereocenters. The molecule has 1 saturated heterocycles. The molecule has 2 amide bonds. The summed E-state index contributed by atoms with van der Waals surface area (Å²) >= 11 is 1.63. The molecule has 22 heavy (non-hydrogen) atoms. The molecule has 2 heterocycles. The minimum Gasteiger partial charge on any atom is -0.351 e. The molecule has 2 aromatic rings. The monoisotopic (exact) mass is 314 g/mol. The van der Waals surface area contributed by atoms with E-state index in [9.17, 15) is 9.59 Å². The van der Waals surface area contributed by atoms with Crippen LogP contribution in [0.1, 0.15) is 17.3 Å². The average Bonchev–Trinajstić information content (AvgIpc) is 2.97. The Morgan fingerprint density at radius 1 is 1.41 bits per heavy atom. The number of hydrogen-bond acceptors (Lipinski definition) is 3. The molecule has 114 valence electrons. The van der Waals surface area contributed by atoms with E-state index in [0.29, 0.717) is 25.2 Å². The first kappa shape index (κ1) is 14.8. The van der Waals surface area contributed by atoms with Crippen molar-refractivity contribution >= 4 is 33.2 Å². The van der Waals surface area contributed by atoms with Gasteiger partial charge in [0.1, 0.15) is 0 Å². The Bertz CT molecular complexity index is 744. The van der Waals surface area contributed by atoms with E-state index in [-0.39, 0.29) is 17.2 Å². The smallest absolute Gasteiger partial charge is 0.251 e. The van der Waals surface area contributed by atoms with Crippen molar-refractivity contribution < 1.29 is 9.59 Å². The zero-order chi connectivity index (χ0) is 15.7. The molecule has 4 nitrogen and oxygen atoms in total. The maximum absolute atomic E-state index is 12.4. The summed E-state index contributed by atoms with van der Waals surface area (Å²) in [7, 11) is 0. The third-order valence-corrected chi connectivity index (χ3v) is 4.93. The lowest BCUT2D eigenvalue weighted by molar-refractivity contribution is -0.136. The third-order valence-electron chi connectivity index (χ3n) is 4.05. The summed E-state index contributed by atoms with van der Waals surface area (Å²) < 4.78 is 1.12. The molecule has 5 heteroatoms. The fourth-order valence-electron chi connectivity index (χ4n) is 2.85. The number of nitrogens with zero attached hydrogens (tertiary/aromatic N) is 1. The zero-order valence-corrected chi connectivity index (χ0v) is 13.3. The fourth-order valence-corrected chi connectivity index (χ4v) is 3.67. The number of hydrogen-bond donors (Lipinski definition) is 1. The van der Waals surface area contributed by atoms with Gasteiger partial charge in [0, 0.05) is 40.7 Å². The van der Waals surface area contributed by atoms with Gasteiger partial charge in [-0.1, -0.05) is 19.6 Å². The van der Waals surface area contributed by atoms with Gasteiger partial charge in [0.2, 0.25) is 5.91 Å². The van der Waals surface area contributed by atoms with Crippen LogP contribution in [0.5, 0.6) is 0 Å². The summed E-state index contributed by atoms with van der Waals surface area (Å²) in [6.07, 6.45) is 1.33. The molecule has 1 N–H and O–H groups in total. The van der Waals surface area contributed by atoms with Gasteiger partial charge in [-0.05, 0) is 29.7 Å². The van der Waals surface area contributed by atoms with Crippen LogP contribution < -0.4 is 5.32 Å². The molecular formula is C17H18N2O2S. The van der Waals surface area contributed by atoms with Crippen LogP contribution in [0.2, 0.25) is 0 Å². The lowest BCUT2D eigenvalue weighted by Crippen LogP contribution is -2.60. The Labute approximate surface area is 133 Å². The first-order valence-corrected chi connectivity index (χ1v) is 8.06. The van der Waals surface area contributed by atoms with Crippen LogP contribution in [0.25, 0.3) is 10.1 Å². The Morgan fingerprint density at radius 2 is 2.18 bits per heavy atom. The highest BCUT2D eigenvalue weighted by Gasteiger charge is 2.40. The topological polar surface area (TPSA) is 49.4 Å². The van der Waals surface area contributed by atoms with Crippen LogP contribution in [0.3, 0.4) is 0 Å². The van der Waals surface area contributed by atoms with Gasteiger partial charge in [0.25, 0.3) is 5.91 Å². The number of carbonyl (C=O) groups excluding carboxylic acids is 2. The van der Waals surface area contributed by atoms with Crippen molar-refractivity contribution in [3.8, 4) is 0 Å². The van der Waals surface area contributed by atoms with E-state index in [1.165, 1.54) is 6.08 Å². The summed E-state index contributed by atoms with van der Waals surface area (Å²) in [6.45, 7) is 7.43. The lowest BCUT2D eigenvalue weighted by atomic mass is 9.81. The van der Waals surface area contributed by atoms with E-state index in [4.69, 9.17) is 0 Å². The predicted molar refractivity (Wildman–Crippen MR) is 89.0 cm³/mol. The van der Waals surface area contributed by atoms with Gasteiger partial charge < -0.3 is 10.2 Å². The maximum atomic E-state index is 12.4. The molecule has 1 aromatic heterocycles. The highest BCUT2D eigenvalue weighted by atomic mass is 32.1. The molecule has 0 spiro atoms. The van der Waals surface area contributed by atoms with Crippen LogP contribution >= 0.6 is 11.3 Å². The number of amides is 2. The molecule has 0 aliphatic carbocycles. The van der Waals surface area contributed by atoms with Crippen molar-refractivity contribution in [1.29, 1.82) is 0 Å². The molecule has 1 aliphatic heterocycles. The number of carbonyl (C=O) groups is 2. The normalized spacial score (nSPS) is 16.1. The predicted octanol–water partition coefficient (Wildman–Crippen LogP) is 2.67. The largest absolute Gasteiger partial charge is 0.351 e. The van der Waals surface area contributed by atoms with Crippen LogP contribution in [0, 0.1) is 5.41 Å². The van der Waals surface area contributed by atoms with Gasteiger partial charge in [0.15, 0.2) is 0 Å². The number of nitrogens with one attached hydrogen (secondary N) is 1. The van der Waals surface area contributed by atoms with E-state index in [1.54, 1.807) is 16.2 Å². The molecule has 0 atom stereocenters. The van der Waals surface area contributed by atoms with Gasteiger partial charge in [-0.2, -0.15) is 0 Å². The Kier molecular flexibility index (Phi) is 3.74. The number of benzene rings is 1. The Balaban J connectivity index is 1.63. The first-order valence-electron chi connectivity index (χ1n) is 7.18. The van der Waals surface area contributed by atoms with Gasteiger partial charge in [-0.25, -0.2) is 0 Å². The number of fused-ring (bicyclic) bond motifs is 1. The highest BCUT2D eigenvalue weighted by Crippen LogP contribution is 2.29. The van der Waals surface area contributed by atoms with E-state index < -0.39 is 0 Å². The summed E-state index contributed by atoms with van der Waals surface area (Å²) in [5.74, 6) is -0.106. The third kappa shape index (κ3) is 2.64. The van der Waals surface area contributed by atoms with Crippen molar-refractivity contribution in [2.24, 2.45) is 5.41 Å². The Hall–Kier alpha value is -2.14. The lowest BCUT2D eigenvalue weighted by Gasteiger charge is -2.47. The van der Waals surface area contributed by atoms with Crippen molar-refractivity contribution in [2.75, 3.05) is 19.6 Å². The average molecular weight is 314 g/mol. The minimum atomic E-state index is -0.0587. The van der Waals surface area contributed by atoms with Gasteiger partial charge in [-0.3, -0.25) is 9.59 Å². The van der Waals surface area contributed by atoms with Crippen LogP contribution in [0.4, 0.5) is 0 Å². The summed E-state index contributed by atoms with van der Waals surface area (Å²) in [4.78, 5) is 25.6. The minimum absolute atomic E-state index is 0.0492. The summed E-state index contributed by atoms with van der Waals surface area (Å²) in [5, 5.41) is 5.99. The van der Waals surface area contributed by atoms with E-state index in [2.05, 4.69) is 18.8 Å². The van der Waals surface area contributed by atoms with Crippen molar-refractivity contribution in [3.05, 3.63) is 47.9 Å². The second kappa shape index (κ2) is 5.57. The number of thiophene rings is 1. The van der Waals surface area contributed by atoms with Crippen molar-refractivity contribution in [1.82, 2.24) is 10.2 Å². The second-order valence-electron chi connectivity index (χ2n) is 6.03. The van der Waals surface area contributed by atoms with Gasteiger partial charge >= 0.3 is 0 Å². The zero-order valence-electron chi connectivity index (χ0n) is 12.5. The molecular weight excluding hydrogens is 296 g/mol. The SMILES string of the molecule is C=CC(=O)N1CC(C)(CNC(=O)c2cccc3sccc23)C1. The van der Waals surface area contributed by atoms with E-state index in [1.807, 2.05) is 29.6 Å². The second-order valence-corrected chi connectivity index (χ2v) is 6.98. The number of rotatable bonds is 4. The van der Waals surface area contributed by atoms with E-state index >= 15 is 0 Å². The quantitative estimate of drug-likeness (QED) is 0.882. The van der Waals surface area contributed by atoms with Crippen LogP contribution in [0.15, 0.2) is 42.3 Å². The molecule has 0 saturated carbocycles. The molecule has 1 fully saturated rings. The van der Waals surface area contributed by atoms with Gasteiger partial charge in [-0.15, -0.1) is 11.3 Å². The molecule has 3 rings (SSSR count). The fraction of sp³-hybridized carbons (Fsp3) is 0.294. The standard InChI is InChI=1S/C17H18N2O2S/c1-3-15(20)19-10-17(2,11-19)9-18-16(21)13-5-4-6-14-12(13)7-8-22-14/h3-8H,1,9-11H2,2H3,(H,18,21). The van der Waals surface area contributed by atoms with Crippen LogP contribution in [-0.4, -0.2) is 36.3 Å². The van der Waals surface area contributed by atoms with Crippen molar-refractivity contribution in [3.63, 3.8) is 0 Å². The van der Waals surface area contributed by atoms with Crippen molar-refractivity contribution in [2.45, 2.75) is 6.92 Å². The summed E-state index contributed by atoms with van der Waals surface area (Å²) in [6, 6.07) is 7.75. The Morgan fingerprint density at radius 3 is 2.91 bits per heavy atom. The highest BCUT2D eigenvalue weighted by molar-refractivity contribution is 7.17. The first-order chi connectivity index (χ1) is 10.5.